The van der Waals surface area contributed by atoms with Gasteiger partial charge in [0.2, 0.25) is 11.8 Å². The van der Waals surface area contributed by atoms with E-state index in [0.29, 0.717) is 16.3 Å². The lowest BCUT2D eigenvalue weighted by Crippen LogP contribution is -2.45. The SMILES string of the molecule is CCCc1ccc(C2(C)NC(=O)N(CC(=O)N(C)CC(=O)Nc3ccccc3Cl)C2=O)cc1. The number of likely N-dealkylation sites (N-methyl/N-ethyl adjacent to an activating group) is 1. The number of urea groups is 1. The molecule has 0 aliphatic carbocycles. The second kappa shape index (κ2) is 10.0. The van der Waals surface area contributed by atoms with E-state index in [4.69, 9.17) is 11.6 Å². The number of nitrogens with one attached hydrogen (secondary N) is 2. The van der Waals surface area contributed by atoms with E-state index in [1.165, 1.54) is 7.05 Å². The summed E-state index contributed by atoms with van der Waals surface area (Å²) in [5.74, 6) is -1.51. The third-order valence-electron chi connectivity index (χ3n) is 5.59. The van der Waals surface area contributed by atoms with Crippen LogP contribution in [0.3, 0.4) is 0 Å². The van der Waals surface area contributed by atoms with Crippen LogP contribution in [-0.2, 0) is 26.3 Å². The van der Waals surface area contributed by atoms with Crippen molar-refractivity contribution >= 4 is 41.0 Å². The van der Waals surface area contributed by atoms with Crippen LogP contribution in [0.2, 0.25) is 5.02 Å². The number of nitrogens with zero attached hydrogens (tertiary/aromatic N) is 2. The monoisotopic (exact) mass is 470 g/mol. The Morgan fingerprint density at radius 3 is 2.42 bits per heavy atom. The van der Waals surface area contributed by atoms with Crippen molar-refractivity contribution in [2.45, 2.75) is 32.2 Å². The van der Waals surface area contributed by atoms with E-state index in [9.17, 15) is 19.2 Å². The summed E-state index contributed by atoms with van der Waals surface area (Å²) in [5.41, 5.74) is 0.954. The third kappa shape index (κ3) is 5.34. The molecule has 1 unspecified atom stereocenters. The summed E-state index contributed by atoms with van der Waals surface area (Å²) < 4.78 is 0. The lowest BCUT2D eigenvalue weighted by atomic mass is 9.91. The van der Waals surface area contributed by atoms with E-state index in [0.717, 1.165) is 28.2 Å². The number of carbonyl (C=O) groups excluding carboxylic acids is 4. The van der Waals surface area contributed by atoms with Gasteiger partial charge < -0.3 is 15.5 Å². The van der Waals surface area contributed by atoms with Crippen molar-refractivity contribution in [2.24, 2.45) is 0 Å². The van der Waals surface area contributed by atoms with E-state index in [1.807, 2.05) is 24.3 Å². The van der Waals surface area contributed by atoms with Crippen LogP contribution in [0.1, 0.15) is 31.4 Å². The first-order valence-electron chi connectivity index (χ1n) is 10.7. The minimum absolute atomic E-state index is 0.260. The first-order chi connectivity index (χ1) is 15.7. The minimum Gasteiger partial charge on any atom is -0.335 e. The molecule has 8 nitrogen and oxygen atoms in total. The molecule has 33 heavy (non-hydrogen) atoms. The molecular formula is C24H27ClN4O4. The van der Waals surface area contributed by atoms with Crippen LogP contribution in [0.25, 0.3) is 0 Å². The number of hydrogen-bond acceptors (Lipinski definition) is 4. The zero-order chi connectivity index (χ0) is 24.2. The summed E-state index contributed by atoms with van der Waals surface area (Å²) in [6, 6.07) is 13.6. The van der Waals surface area contributed by atoms with Crippen molar-refractivity contribution in [1.29, 1.82) is 0 Å². The highest BCUT2D eigenvalue weighted by Gasteiger charge is 2.49. The second-order valence-corrected chi connectivity index (χ2v) is 8.58. The van der Waals surface area contributed by atoms with Gasteiger partial charge in [-0.15, -0.1) is 0 Å². The Kier molecular flexibility index (Phi) is 7.38. The standard InChI is InChI=1S/C24H27ClN4O4/c1-4-7-16-10-12-17(13-11-16)24(2)22(32)29(23(33)27-24)15-21(31)28(3)14-20(30)26-19-9-6-5-8-18(19)25/h5-6,8-13H,4,7,14-15H2,1-3H3,(H,26,30)(H,27,33). The Labute approximate surface area is 197 Å². The number of carbonyl (C=O) groups is 4. The maximum absolute atomic E-state index is 13.1. The third-order valence-corrected chi connectivity index (χ3v) is 5.92. The van der Waals surface area contributed by atoms with Crippen LogP contribution >= 0.6 is 11.6 Å². The van der Waals surface area contributed by atoms with Gasteiger partial charge in [-0.1, -0.05) is 61.3 Å². The average Bonchev–Trinajstić information content (AvgIpc) is 2.99. The predicted molar refractivity (Wildman–Crippen MR) is 126 cm³/mol. The van der Waals surface area contributed by atoms with E-state index in [2.05, 4.69) is 17.6 Å². The zero-order valence-electron chi connectivity index (χ0n) is 18.9. The van der Waals surface area contributed by atoms with Crippen LogP contribution in [0.15, 0.2) is 48.5 Å². The number of aryl methyl sites for hydroxylation is 1. The number of benzene rings is 2. The van der Waals surface area contributed by atoms with Gasteiger partial charge in [0.25, 0.3) is 5.91 Å². The van der Waals surface area contributed by atoms with E-state index < -0.39 is 35.8 Å². The molecule has 0 saturated carbocycles. The molecule has 2 N–H and O–H groups in total. The van der Waals surface area contributed by atoms with E-state index in [-0.39, 0.29) is 6.54 Å². The van der Waals surface area contributed by atoms with Gasteiger partial charge in [-0.3, -0.25) is 19.3 Å². The van der Waals surface area contributed by atoms with Crippen molar-refractivity contribution in [3.63, 3.8) is 0 Å². The minimum atomic E-state index is -1.26. The molecule has 0 bridgehead atoms. The molecule has 1 atom stereocenters. The highest BCUT2D eigenvalue weighted by atomic mass is 35.5. The Hall–Kier alpha value is -3.39. The molecule has 2 aromatic rings. The van der Waals surface area contributed by atoms with Crippen molar-refractivity contribution < 1.29 is 19.2 Å². The fourth-order valence-corrected chi connectivity index (χ4v) is 3.82. The van der Waals surface area contributed by atoms with Crippen molar-refractivity contribution in [1.82, 2.24) is 15.1 Å². The summed E-state index contributed by atoms with van der Waals surface area (Å²) in [6.45, 7) is 2.98. The van der Waals surface area contributed by atoms with Crippen LogP contribution in [0, 0.1) is 0 Å². The molecule has 9 heteroatoms. The van der Waals surface area contributed by atoms with Gasteiger partial charge in [0.1, 0.15) is 12.1 Å². The van der Waals surface area contributed by atoms with E-state index >= 15 is 0 Å². The molecule has 1 aliphatic rings. The van der Waals surface area contributed by atoms with Crippen LogP contribution in [0.5, 0.6) is 0 Å². The smallest absolute Gasteiger partial charge is 0.325 e. The van der Waals surface area contributed by atoms with Crippen LogP contribution < -0.4 is 10.6 Å². The van der Waals surface area contributed by atoms with Gasteiger partial charge in [-0.2, -0.15) is 0 Å². The first-order valence-corrected chi connectivity index (χ1v) is 11.1. The van der Waals surface area contributed by atoms with Gasteiger partial charge in [0.05, 0.1) is 17.3 Å². The second-order valence-electron chi connectivity index (χ2n) is 8.17. The van der Waals surface area contributed by atoms with Crippen molar-refractivity contribution in [3.8, 4) is 0 Å². The molecule has 1 aliphatic heterocycles. The number of hydrogen-bond donors (Lipinski definition) is 2. The van der Waals surface area contributed by atoms with Gasteiger partial charge in [-0.05, 0) is 36.6 Å². The number of rotatable bonds is 8. The molecule has 5 amide bonds. The fraction of sp³-hybridized carbons (Fsp3) is 0.333. The topological polar surface area (TPSA) is 98.8 Å². The normalized spacial score (nSPS) is 17.6. The largest absolute Gasteiger partial charge is 0.335 e. The van der Waals surface area contributed by atoms with E-state index in [1.54, 1.807) is 31.2 Å². The molecule has 174 valence electrons. The predicted octanol–water partition coefficient (Wildman–Crippen LogP) is 3.16. The highest BCUT2D eigenvalue weighted by molar-refractivity contribution is 6.33. The quantitative estimate of drug-likeness (QED) is 0.579. The lowest BCUT2D eigenvalue weighted by Gasteiger charge is -2.23. The first kappa shape index (κ1) is 24.3. The summed E-state index contributed by atoms with van der Waals surface area (Å²) >= 11 is 6.03. The zero-order valence-corrected chi connectivity index (χ0v) is 19.6. The van der Waals surface area contributed by atoms with Crippen molar-refractivity contribution in [2.75, 3.05) is 25.5 Å². The summed E-state index contributed by atoms with van der Waals surface area (Å²) in [6.07, 6.45) is 1.93. The van der Waals surface area contributed by atoms with Crippen LogP contribution in [0.4, 0.5) is 10.5 Å². The molecule has 1 fully saturated rings. The molecule has 1 heterocycles. The number of anilines is 1. The molecular weight excluding hydrogens is 444 g/mol. The molecule has 2 aromatic carbocycles. The average molecular weight is 471 g/mol. The molecule has 0 spiro atoms. The fourth-order valence-electron chi connectivity index (χ4n) is 3.64. The number of para-hydroxylation sites is 1. The Bertz CT molecular complexity index is 1070. The van der Waals surface area contributed by atoms with Crippen molar-refractivity contribution in [3.05, 3.63) is 64.7 Å². The molecule has 1 saturated heterocycles. The summed E-state index contributed by atoms with van der Waals surface area (Å²) in [5, 5.41) is 5.70. The molecule has 3 rings (SSSR count). The molecule has 0 aromatic heterocycles. The molecule has 0 radical (unpaired) electrons. The summed E-state index contributed by atoms with van der Waals surface area (Å²) in [7, 11) is 1.43. The van der Waals surface area contributed by atoms with Crippen LogP contribution in [-0.4, -0.2) is 53.7 Å². The maximum atomic E-state index is 13.1. The number of halogens is 1. The van der Waals surface area contributed by atoms with Gasteiger partial charge in [0.15, 0.2) is 0 Å². The van der Waals surface area contributed by atoms with Gasteiger partial charge >= 0.3 is 6.03 Å². The Morgan fingerprint density at radius 1 is 1.12 bits per heavy atom. The Balaban J connectivity index is 1.63. The van der Waals surface area contributed by atoms with Gasteiger partial charge in [-0.25, -0.2) is 4.79 Å². The lowest BCUT2D eigenvalue weighted by molar-refractivity contribution is -0.139. The summed E-state index contributed by atoms with van der Waals surface area (Å²) in [4.78, 5) is 52.6. The van der Waals surface area contributed by atoms with Gasteiger partial charge in [0, 0.05) is 7.05 Å². The Morgan fingerprint density at radius 2 is 1.79 bits per heavy atom. The maximum Gasteiger partial charge on any atom is 0.325 e. The highest BCUT2D eigenvalue weighted by Crippen LogP contribution is 2.29. The number of amides is 5. The number of imide groups is 1.